The molecule has 0 saturated carbocycles. The zero-order chi connectivity index (χ0) is 23.0. The SMILES string of the molecule is CC(C)c1cc(C(C)(C)C)nc(-c2cccc(-c3ccc4c(C(C)C)ncnc4c3)c2)n1. The number of fused-ring (bicyclic) bond motifs is 1. The van der Waals surface area contributed by atoms with E-state index in [-0.39, 0.29) is 5.41 Å². The number of rotatable bonds is 4. The Morgan fingerprint density at radius 2 is 1.44 bits per heavy atom. The lowest BCUT2D eigenvalue weighted by Crippen LogP contribution is -2.16. The zero-order valence-corrected chi connectivity index (χ0v) is 20.1. The summed E-state index contributed by atoms with van der Waals surface area (Å²) in [6, 6.07) is 17.1. The van der Waals surface area contributed by atoms with Gasteiger partial charge in [0.2, 0.25) is 0 Å². The summed E-state index contributed by atoms with van der Waals surface area (Å²) >= 11 is 0. The quantitative estimate of drug-likeness (QED) is 0.345. The first-order chi connectivity index (χ1) is 15.1. The molecule has 0 radical (unpaired) electrons. The Labute approximate surface area is 191 Å². The lowest BCUT2D eigenvalue weighted by atomic mass is 9.90. The van der Waals surface area contributed by atoms with Crippen molar-refractivity contribution in [3.63, 3.8) is 0 Å². The molecule has 0 atom stereocenters. The van der Waals surface area contributed by atoms with Crippen LogP contribution < -0.4 is 0 Å². The number of aromatic nitrogens is 4. The molecule has 4 aromatic rings. The summed E-state index contributed by atoms with van der Waals surface area (Å²) < 4.78 is 0. The Morgan fingerprint density at radius 1 is 0.719 bits per heavy atom. The fraction of sp³-hybridized carbons (Fsp3) is 0.357. The molecule has 2 aromatic carbocycles. The Bertz CT molecular complexity index is 1270. The molecule has 0 saturated heterocycles. The highest BCUT2D eigenvalue weighted by atomic mass is 14.9. The van der Waals surface area contributed by atoms with Crippen molar-refractivity contribution in [2.75, 3.05) is 0 Å². The molecule has 2 heterocycles. The lowest BCUT2D eigenvalue weighted by molar-refractivity contribution is 0.564. The topological polar surface area (TPSA) is 51.6 Å². The van der Waals surface area contributed by atoms with Gasteiger partial charge in [-0.25, -0.2) is 19.9 Å². The van der Waals surface area contributed by atoms with Crippen LogP contribution >= 0.6 is 0 Å². The first-order valence-electron chi connectivity index (χ1n) is 11.4. The Hall–Kier alpha value is -3.14. The smallest absolute Gasteiger partial charge is 0.159 e. The average molecular weight is 425 g/mol. The van der Waals surface area contributed by atoms with Crippen LogP contribution in [-0.2, 0) is 5.41 Å². The number of hydrogen-bond donors (Lipinski definition) is 0. The number of hydrogen-bond acceptors (Lipinski definition) is 4. The molecule has 4 rings (SSSR count). The van der Waals surface area contributed by atoms with Crippen molar-refractivity contribution in [3.05, 3.63) is 71.9 Å². The van der Waals surface area contributed by atoms with Gasteiger partial charge in [0, 0.05) is 22.1 Å². The van der Waals surface area contributed by atoms with Gasteiger partial charge in [-0.1, -0.05) is 78.8 Å². The summed E-state index contributed by atoms with van der Waals surface area (Å²) in [5.41, 5.74) is 7.46. The van der Waals surface area contributed by atoms with E-state index in [1.165, 1.54) is 0 Å². The summed E-state index contributed by atoms with van der Waals surface area (Å²) in [6.07, 6.45) is 1.66. The second-order valence-electron chi connectivity index (χ2n) is 10.1. The van der Waals surface area contributed by atoms with Crippen LogP contribution in [0.3, 0.4) is 0 Å². The van der Waals surface area contributed by atoms with Gasteiger partial charge in [-0.3, -0.25) is 0 Å². The maximum Gasteiger partial charge on any atom is 0.159 e. The predicted molar refractivity (Wildman–Crippen MR) is 133 cm³/mol. The van der Waals surface area contributed by atoms with E-state index in [2.05, 4.69) is 107 Å². The summed E-state index contributed by atoms with van der Waals surface area (Å²) in [4.78, 5) is 18.9. The molecule has 4 nitrogen and oxygen atoms in total. The molecule has 0 aliphatic carbocycles. The van der Waals surface area contributed by atoms with Crippen LogP contribution in [0.2, 0.25) is 0 Å². The Kier molecular flexibility index (Phi) is 5.81. The molecule has 4 heteroatoms. The predicted octanol–water partition coefficient (Wildman–Crippen LogP) is 7.30. The minimum atomic E-state index is -0.0366. The van der Waals surface area contributed by atoms with Gasteiger partial charge in [-0.05, 0) is 41.2 Å². The van der Waals surface area contributed by atoms with Crippen molar-refractivity contribution >= 4 is 10.9 Å². The van der Waals surface area contributed by atoms with Crippen LogP contribution in [-0.4, -0.2) is 19.9 Å². The first kappa shape index (κ1) is 22.1. The van der Waals surface area contributed by atoms with Gasteiger partial charge >= 0.3 is 0 Å². The molecule has 0 aliphatic rings. The number of benzene rings is 2. The largest absolute Gasteiger partial charge is 0.240 e. The van der Waals surface area contributed by atoms with E-state index < -0.39 is 0 Å². The van der Waals surface area contributed by atoms with E-state index in [4.69, 9.17) is 9.97 Å². The molecule has 0 N–H and O–H groups in total. The second-order valence-corrected chi connectivity index (χ2v) is 10.1. The third-order valence-corrected chi connectivity index (χ3v) is 5.77. The monoisotopic (exact) mass is 424 g/mol. The number of nitrogens with zero attached hydrogens (tertiary/aromatic N) is 4. The molecule has 0 fully saturated rings. The third-order valence-electron chi connectivity index (χ3n) is 5.77. The van der Waals surface area contributed by atoms with Gasteiger partial charge in [-0.2, -0.15) is 0 Å². The fourth-order valence-corrected chi connectivity index (χ4v) is 3.83. The second kappa shape index (κ2) is 8.42. The molecule has 0 bridgehead atoms. The van der Waals surface area contributed by atoms with Crippen molar-refractivity contribution < 1.29 is 0 Å². The van der Waals surface area contributed by atoms with Gasteiger partial charge in [0.15, 0.2) is 5.82 Å². The highest BCUT2D eigenvalue weighted by Gasteiger charge is 2.19. The van der Waals surface area contributed by atoms with Gasteiger partial charge in [0.25, 0.3) is 0 Å². The van der Waals surface area contributed by atoms with Gasteiger partial charge in [0.1, 0.15) is 6.33 Å². The van der Waals surface area contributed by atoms with Crippen LogP contribution in [0.4, 0.5) is 0 Å². The zero-order valence-electron chi connectivity index (χ0n) is 20.1. The minimum absolute atomic E-state index is 0.0366. The van der Waals surface area contributed by atoms with E-state index >= 15 is 0 Å². The van der Waals surface area contributed by atoms with Crippen LogP contribution in [0.15, 0.2) is 54.9 Å². The standard InChI is InChI=1S/C28H32N4/c1-17(2)23-15-25(28(5,6)7)32-27(31-23)21-10-8-9-19(13-21)20-11-12-22-24(14-20)29-16-30-26(22)18(3)4/h8-18H,1-7H3. The van der Waals surface area contributed by atoms with Crippen molar-refractivity contribution in [2.45, 2.75) is 65.7 Å². The summed E-state index contributed by atoms with van der Waals surface area (Å²) in [6.45, 7) is 15.3. The van der Waals surface area contributed by atoms with Crippen LogP contribution in [0, 0.1) is 0 Å². The maximum atomic E-state index is 4.94. The molecule has 32 heavy (non-hydrogen) atoms. The summed E-state index contributed by atoms with van der Waals surface area (Å²) in [7, 11) is 0. The molecule has 164 valence electrons. The normalized spacial score (nSPS) is 12.2. The van der Waals surface area contributed by atoms with Crippen LogP contribution in [0.1, 0.15) is 77.4 Å². The Morgan fingerprint density at radius 3 is 2.12 bits per heavy atom. The molecule has 2 aromatic heterocycles. The third kappa shape index (κ3) is 4.40. The van der Waals surface area contributed by atoms with E-state index in [1.54, 1.807) is 6.33 Å². The van der Waals surface area contributed by atoms with Crippen LogP contribution in [0.5, 0.6) is 0 Å². The molecule has 0 unspecified atom stereocenters. The molecule has 0 spiro atoms. The Balaban J connectivity index is 1.80. The average Bonchev–Trinajstić information content (AvgIpc) is 2.77. The molecule has 0 aliphatic heterocycles. The van der Waals surface area contributed by atoms with Crippen molar-refractivity contribution in [3.8, 4) is 22.5 Å². The van der Waals surface area contributed by atoms with Crippen LogP contribution in [0.25, 0.3) is 33.4 Å². The highest BCUT2D eigenvalue weighted by molar-refractivity contribution is 5.86. The molecular weight excluding hydrogens is 392 g/mol. The fourth-order valence-electron chi connectivity index (χ4n) is 3.83. The van der Waals surface area contributed by atoms with Gasteiger partial charge in [-0.15, -0.1) is 0 Å². The van der Waals surface area contributed by atoms with Gasteiger partial charge in [0.05, 0.1) is 16.9 Å². The van der Waals surface area contributed by atoms with E-state index in [1.807, 2.05) is 0 Å². The van der Waals surface area contributed by atoms with E-state index in [0.29, 0.717) is 11.8 Å². The van der Waals surface area contributed by atoms with Crippen molar-refractivity contribution in [2.24, 2.45) is 0 Å². The minimum Gasteiger partial charge on any atom is -0.240 e. The highest BCUT2D eigenvalue weighted by Crippen LogP contribution is 2.31. The lowest BCUT2D eigenvalue weighted by Gasteiger charge is -2.20. The maximum absolute atomic E-state index is 4.94. The van der Waals surface area contributed by atoms with Crippen molar-refractivity contribution in [1.82, 2.24) is 19.9 Å². The summed E-state index contributed by atoms with van der Waals surface area (Å²) in [5.74, 6) is 1.49. The van der Waals surface area contributed by atoms with E-state index in [9.17, 15) is 0 Å². The molecular formula is C28H32N4. The first-order valence-corrected chi connectivity index (χ1v) is 11.4. The summed E-state index contributed by atoms with van der Waals surface area (Å²) in [5, 5.41) is 1.12. The molecule has 0 amide bonds. The van der Waals surface area contributed by atoms with Gasteiger partial charge < -0.3 is 0 Å². The van der Waals surface area contributed by atoms with E-state index in [0.717, 1.165) is 50.5 Å². The van der Waals surface area contributed by atoms with Crippen molar-refractivity contribution in [1.29, 1.82) is 0 Å².